The number of anilines is 1. The second-order valence-electron chi connectivity index (χ2n) is 4.20. The van der Waals surface area contributed by atoms with Gasteiger partial charge in [0.15, 0.2) is 0 Å². The van der Waals surface area contributed by atoms with Crippen LogP contribution in [0.5, 0.6) is 11.5 Å². The van der Waals surface area contributed by atoms with Crippen molar-refractivity contribution in [2.45, 2.75) is 12.8 Å². The van der Waals surface area contributed by atoms with Crippen LogP contribution in [-0.4, -0.2) is 5.11 Å². The van der Waals surface area contributed by atoms with Crippen molar-refractivity contribution >= 4 is 5.69 Å². The van der Waals surface area contributed by atoms with Crippen LogP contribution in [0.2, 0.25) is 0 Å². The first-order valence-corrected chi connectivity index (χ1v) is 5.73. The molecule has 20 heavy (non-hydrogen) atoms. The van der Waals surface area contributed by atoms with Gasteiger partial charge in [-0.25, -0.2) is 0 Å². The topological polar surface area (TPSA) is 55.5 Å². The molecule has 3 N–H and O–H groups in total. The van der Waals surface area contributed by atoms with Gasteiger partial charge in [0, 0.05) is 0 Å². The number of hydrogen-bond donors (Lipinski definition) is 2. The molecule has 0 saturated carbocycles. The fourth-order valence-corrected chi connectivity index (χ4v) is 1.60. The molecule has 0 aliphatic carbocycles. The molecule has 0 aliphatic rings. The molecule has 3 nitrogen and oxygen atoms in total. The van der Waals surface area contributed by atoms with Gasteiger partial charge in [0.05, 0.1) is 11.3 Å². The molecule has 0 unspecified atom stereocenters. The molecular weight excluding hydrogens is 271 g/mol. The largest absolute Gasteiger partial charge is 0.506 e. The lowest BCUT2D eigenvalue weighted by Gasteiger charge is -2.10. The van der Waals surface area contributed by atoms with Crippen LogP contribution < -0.4 is 10.5 Å². The van der Waals surface area contributed by atoms with Crippen molar-refractivity contribution in [3.63, 3.8) is 0 Å². The summed E-state index contributed by atoms with van der Waals surface area (Å²) in [6.45, 7) is 0.149. The molecule has 0 heterocycles. The second-order valence-corrected chi connectivity index (χ2v) is 4.20. The van der Waals surface area contributed by atoms with Crippen molar-refractivity contribution in [1.29, 1.82) is 0 Å². The molecular formula is C14H12F3NO2. The Morgan fingerprint density at radius 3 is 2.25 bits per heavy atom. The first-order valence-electron chi connectivity index (χ1n) is 5.73. The highest BCUT2D eigenvalue weighted by Gasteiger charge is 2.29. The molecule has 2 rings (SSSR count). The Balaban J connectivity index is 2.02. The molecule has 0 aliphatic heterocycles. The highest BCUT2D eigenvalue weighted by Crippen LogP contribution is 2.30. The van der Waals surface area contributed by atoms with Crippen molar-refractivity contribution in [1.82, 2.24) is 0 Å². The second kappa shape index (κ2) is 5.32. The van der Waals surface area contributed by atoms with E-state index in [2.05, 4.69) is 0 Å². The summed E-state index contributed by atoms with van der Waals surface area (Å²) in [5.41, 5.74) is 5.73. The molecule has 2 aromatic carbocycles. The fraction of sp³-hybridized carbons (Fsp3) is 0.143. The lowest BCUT2D eigenvalue weighted by Crippen LogP contribution is -2.04. The minimum absolute atomic E-state index is 0.0247. The molecule has 2 aromatic rings. The lowest BCUT2D eigenvalue weighted by molar-refractivity contribution is -0.137. The molecule has 0 atom stereocenters. The van der Waals surface area contributed by atoms with Crippen LogP contribution in [0.15, 0.2) is 42.5 Å². The zero-order valence-corrected chi connectivity index (χ0v) is 10.3. The number of ether oxygens (including phenoxy) is 1. The van der Waals surface area contributed by atoms with Crippen molar-refractivity contribution in [2.75, 3.05) is 5.73 Å². The number of alkyl halides is 3. The van der Waals surface area contributed by atoms with Gasteiger partial charge >= 0.3 is 6.18 Å². The van der Waals surface area contributed by atoms with Gasteiger partial charge in [-0.05, 0) is 42.0 Å². The standard InChI is InChI=1S/C14H12F3NO2/c15-14(16,17)10-2-4-11(5-3-10)20-8-9-1-6-13(19)12(18)7-9/h1-7,19H,8,18H2. The number of halogens is 3. The number of phenols is 1. The molecule has 0 aromatic heterocycles. The number of benzene rings is 2. The summed E-state index contributed by atoms with van der Waals surface area (Å²) in [4.78, 5) is 0. The summed E-state index contributed by atoms with van der Waals surface area (Å²) in [5.74, 6) is 0.299. The van der Waals surface area contributed by atoms with Gasteiger partial charge in [0.2, 0.25) is 0 Å². The quantitative estimate of drug-likeness (QED) is 0.668. The Morgan fingerprint density at radius 2 is 1.70 bits per heavy atom. The summed E-state index contributed by atoms with van der Waals surface area (Å²) < 4.78 is 42.5. The van der Waals surface area contributed by atoms with Crippen LogP contribution >= 0.6 is 0 Å². The monoisotopic (exact) mass is 283 g/mol. The van der Waals surface area contributed by atoms with Crippen molar-refractivity contribution < 1.29 is 23.0 Å². The smallest absolute Gasteiger partial charge is 0.416 e. The zero-order valence-electron chi connectivity index (χ0n) is 10.3. The van der Waals surface area contributed by atoms with E-state index in [1.165, 1.54) is 18.2 Å². The first-order chi connectivity index (χ1) is 9.36. The SMILES string of the molecule is Nc1cc(COc2ccc(C(F)(F)F)cc2)ccc1O. The van der Waals surface area contributed by atoms with Crippen LogP contribution in [0.1, 0.15) is 11.1 Å². The summed E-state index contributed by atoms with van der Waals surface area (Å²) in [5, 5.41) is 9.26. The van der Waals surface area contributed by atoms with E-state index < -0.39 is 11.7 Å². The Morgan fingerprint density at radius 1 is 1.05 bits per heavy atom. The van der Waals surface area contributed by atoms with Gasteiger partial charge in [-0.1, -0.05) is 6.07 Å². The molecule has 0 bridgehead atoms. The number of nitrogens with two attached hydrogens (primary N) is 1. The van der Waals surface area contributed by atoms with E-state index in [4.69, 9.17) is 10.5 Å². The van der Waals surface area contributed by atoms with Gasteiger partial charge < -0.3 is 15.6 Å². The van der Waals surface area contributed by atoms with E-state index in [1.54, 1.807) is 12.1 Å². The summed E-state index contributed by atoms with van der Waals surface area (Å²) in [7, 11) is 0. The minimum Gasteiger partial charge on any atom is -0.506 e. The molecule has 6 heteroatoms. The number of phenolic OH excluding ortho intramolecular Hbond substituents is 1. The van der Waals surface area contributed by atoms with Crippen molar-refractivity contribution in [2.24, 2.45) is 0 Å². The van der Waals surface area contributed by atoms with Gasteiger partial charge in [0.1, 0.15) is 18.1 Å². The van der Waals surface area contributed by atoms with E-state index in [9.17, 15) is 18.3 Å². The van der Waals surface area contributed by atoms with Crippen LogP contribution in [0.3, 0.4) is 0 Å². The molecule has 0 saturated heterocycles. The van der Waals surface area contributed by atoms with E-state index >= 15 is 0 Å². The maximum Gasteiger partial charge on any atom is 0.416 e. The highest BCUT2D eigenvalue weighted by molar-refractivity contribution is 5.53. The number of aromatic hydroxyl groups is 1. The first kappa shape index (κ1) is 14.0. The number of hydrogen-bond acceptors (Lipinski definition) is 3. The normalized spacial score (nSPS) is 11.3. The molecule has 0 fully saturated rings. The average Bonchev–Trinajstić information content (AvgIpc) is 2.40. The van der Waals surface area contributed by atoms with Crippen LogP contribution in [0.25, 0.3) is 0 Å². The van der Waals surface area contributed by atoms with Gasteiger partial charge in [-0.3, -0.25) is 0 Å². The highest BCUT2D eigenvalue weighted by atomic mass is 19.4. The van der Waals surface area contributed by atoms with E-state index in [0.717, 1.165) is 12.1 Å². The van der Waals surface area contributed by atoms with Gasteiger partial charge in [-0.2, -0.15) is 13.2 Å². The molecule has 0 radical (unpaired) electrons. The average molecular weight is 283 g/mol. The Hall–Kier alpha value is -2.37. The molecule has 0 spiro atoms. The maximum atomic E-state index is 12.4. The predicted molar refractivity (Wildman–Crippen MR) is 68.3 cm³/mol. The van der Waals surface area contributed by atoms with Crippen LogP contribution in [0.4, 0.5) is 18.9 Å². The third-order valence-corrected chi connectivity index (χ3v) is 2.68. The van der Waals surface area contributed by atoms with E-state index in [0.29, 0.717) is 11.3 Å². The Labute approximate surface area is 113 Å². The van der Waals surface area contributed by atoms with E-state index in [-0.39, 0.29) is 18.0 Å². The van der Waals surface area contributed by atoms with Gasteiger partial charge in [-0.15, -0.1) is 0 Å². The minimum atomic E-state index is -4.36. The van der Waals surface area contributed by atoms with Crippen molar-refractivity contribution in [3.8, 4) is 11.5 Å². The zero-order chi connectivity index (χ0) is 14.8. The predicted octanol–water partition coefficient (Wildman–Crippen LogP) is 3.57. The summed E-state index contributed by atoms with van der Waals surface area (Å²) >= 11 is 0. The number of nitrogen functional groups attached to an aromatic ring is 1. The van der Waals surface area contributed by atoms with Crippen LogP contribution in [-0.2, 0) is 12.8 Å². The Kier molecular flexibility index (Phi) is 3.74. The number of rotatable bonds is 3. The fourth-order valence-electron chi connectivity index (χ4n) is 1.60. The van der Waals surface area contributed by atoms with Crippen LogP contribution in [0, 0.1) is 0 Å². The van der Waals surface area contributed by atoms with Gasteiger partial charge in [0.25, 0.3) is 0 Å². The summed E-state index contributed by atoms with van der Waals surface area (Å²) in [6.07, 6.45) is -4.36. The molecule has 0 amide bonds. The third kappa shape index (κ3) is 3.34. The van der Waals surface area contributed by atoms with Crippen molar-refractivity contribution in [3.05, 3.63) is 53.6 Å². The summed E-state index contributed by atoms with van der Waals surface area (Å²) in [6, 6.07) is 9.02. The van der Waals surface area contributed by atoms with E-state index in [1.807, 2.05) is 0 Å². The Bertz CT molecular complexity index is 594. The molecule has 106 valence electrons. The maximum absolute atomic E-state index is 12.4. The third-order valence-electron chi connectivity index (χ3n) is 2.68. The lowest BCUT2D eigenvalue weighted by atomic mass is 10.2.